The van der Waals surface area contributed by atoms with Crippen LogP contribution in [0.5, 0.6) is 0 Å². The normalized spacial score (nSPS) is 11.3. The minimum Gasteiger partial charge on any atom is -0.478 e. The fourth-order valence-electron chi connectivity index (χ4n) is 2.39. The number of sulfonamides is 1. The van der Waals surface area contributed by atoms with Gasteiger partial charge in [0.25, 0.3) is 10.0 Å². The fourth-order valence-corrected chi connectivity index (χ4v) is 3.78. The van der Waals surface area contributed by atoms with Gasteiger partial charge >= 0.3 is 5.97 Å². The average molecular weight is 436 g/mol. The Hall–Kier alpha value is -2.65. The molecule has 7 nitrogen and oxygen atoms in total. The smallest absolute Gasteiger partial charge is 0.335 e. The van der Waals surface area contributed by atoms with Crippen LogP contribution in [0.3, 0.4) is 0 Å². The summed E-state index contributed by atoms with van der Waals surface area (Å²) in [6.07, 6.45) is 3.28. The molecule has 2 aromatic carbocycles. The van der Waals surface area contributed by atoms with E-state index in [9.17, 15) is 18.3 Å². The molecule has 2 N–H and O–H groups in total. The second-order valence-electron chi connectivity index (χ2n) is 5.51. The number of carboxylic acid groups (broad SMARTS) is 1. The molecule has 0 atom stereocenters. The molecule has 1 heterocycles. The molecule has 0 aliphatic heterocycles. The van der Waals surface area contributed by atoms with Crippen molar-refractivity contribution in [2.24, 2.45) is 0 Å². The Morgan fingerprint density at radius 2 is 1.96 bits per heavy atom. The van der Waals surface area contributed by atoms with Crippen LogP contribution in [0.15, 0.2) is 64.2 Å². The van der Waals surface area contributed by atoms with Gasteiger partial charge in [0.05, 0.1) is 32.5 Å². The minimum atomic E-state index is -3.98. The maximum absolute atomic E-state index is 12.7. The van der Waals surface area contributed by atoms with Crippen molar-refractivity contribution in [1.29, 1.82) is 0 Å². The molecule has 0 amide bonds. The van der Waals surface area contributed by atoms with E-state index in [-0.39, 0.29) is 10.5 Å². The summed E-state index contributed by atoms with van der Waals surface area (Å²) in [5.74, 6) is -1.18. The van der Waals surface area contributed by atoms with Crippen LogP contribution in [0.25, 0.3) is 5.69 Å². The van der Waals surface area contributed by atoms with E-state index in [4.69, 9.17) is 0 Å². The number of halogens is 1. The molecule has 3 aromatic rings. The quantitative estimate of drug-likeness (QED) is 0.638. The van der Waals surface area contributed by atoms with E-state index in [1.54, 1.807) is 43.6 Å². The summed E-state index contributed by atoms with van der Waals surface area (Å²) in [4.78, 5) is 11.1. The number of hydrogen-bond acceptors (Lipinski definition) is 4. The van der Waals surface area contributed by atoms with Crippen LogP contribution >= 0.6 is 15.9 Å². The summed E-state index contributed by atoms with van der Waals surface area (Å²) in [6.45, 7) is 1.61. The molecule has 1 aromatic heterocycles. The van der Waals surface area contributed by atoms with Crippen molar-refractivity contribution in [3.63, 3.8) is 0 Å². The maximum atomic E-state index is 12.7. The van der Waals surface area contributed by atoms with Gasteiger partial charge in [-0.05, 0) is 52.7 Å². The van der Waals surface area contributed by atoms with E-state index in [0.29, 0.717) is 16.9 Å². The minimum absolute atomic E-state index is 0.0582. The van der Waals surface area contributed by atoms with Crippen molar-refractivity contribution >= 4 is 37.6 Å². The summed E-state index contributed by atoms with van der Waals surface area (Å²) in [5, 5.41) is 13.4. The molecule has 0 bridgehead atoms. The van der Waals surface area contributed by atoms with E-state index in [1.807, 2.05) is 0 Å². The lowest BCUT2D eigenvalue weighted by Crippen LogP contribution is -2.16. The van der Waals surface area contributed by atoms with Gasteiger partial charge in [0.2, 0.25) is 0 Å². The van der Waals surface area contributed by atoms with Gasteiger partial charge in [-0.3, -0.25) is 4.72 Å². The van der Waals surface area contributed by atoms with Gasteiger partial charge in [-0.15, -0.1) is 0 Å². The molecule has 0 unspecified atom stereocenters. The molecular weight excluding hydrogens is 422 g/mol. The summed E-state index contributed by atoms with van der Waals surface area (Å²) in [6, 6.07) is 10.8. The molecule has 0 spiro atoms. The first-order valence-corrected chi connectivity index (χ1v) is 9.72. The lowest BCUT2D eigenvalue weighted by Gasteiger charge is -2.13. The lowest BCUT2D eigenvalue weighted by molar-refractivity contribution is 0.0696. The maximum Gasteiger partial charge on any atom is 0.335 e. The van der Waals surface area contributed by atoms with Crippen LogP contribution in [0.1, 0.15) is 15.9 Å². The molecule has 0 saturated heterocycles. The number of nitrogens with zero attached hydrogens (tertiary/aromatic N) is 2. The number of aromatic nitrogens is 2. The number of hydrogen-bond donors (Lipinski definition) is 2. The molecule has 0 aliphatic carbocycles. The first-order valence-electron chi connectivity index (χ1n) is 7.44. The number of carbonyl (C=O) groups is 1. The number of aromatic carboxylic acids is 1. The van der Waals surface area contributed by atoms with Crippen LogP contribution in [-0.4, -0.2) is 29.3 Å². The topological polar surface area (TPSA) is 101 Å². The number of aryl methyl sites for hydroxylation is 1. The number of para-hydroxylation sites is 2. The van der Waals surface area contributed by atoms with Crippen LogP contribution in [0.4, 0.5) is 5.69 Å². The zero-order chi connectivity index (χ0) is 18.9. The average Bonchev–Trinajstić information content (AvgIpc) is 3.01. The first kappa shape index (κ1) is 18.2. The Bertz CT molecular complexity index is 1090. The second kappa shape index (κ2) is 6.93. The standard InChI is InChI=1S/C17H14BrN3O4S/c1-11-6-7-13(8-14(11)17(22)23)26(24,25)20-15-4-2-3-5-16(15)21-10-12(18)9-19-21/h2-10,20H,1H3,(H,22,23). The van der Waals surface area contributed by atoms with E-state index < -0.39 is 16.0 Å². The van der Waals surface area contributed by atoms with Crippen molar-refractivity contribution in [3.05, 3.63) is 70.5 Å². The fraction of sp³-hybridized carbons (Fsp3) is 0.0588. The summed E-state index contributed by atoms with van der Waals surface area (Å²) >= 11 is 3.30. The zero-order valence-electron chi connectivity index (χ0n) is 13.5. The molecular formula is C17H14BrN3O4S. The van der Waals surface area contributed by atoms with Crippen LogP contribution in [0, 0.1) is 6.92 Å². The molecule has 3 rings (SSSR count). The molecule has 0 saturated carbocycles. The number of nitrogens with one attached hydrogen (secondary N) is 1. The Morgan fingerprint density at radius 1 is 1.23 bits per heavy atom. The Labute approximate surface area is 158 Å². The van der Waals surface area contributed by atoms with Crippen LogP contribution < -0.4 is 4.72 Å². The number of anilines is 1. The monoisotopic (exact) mass is 435 g/mol. The molecule has 0 fully saturated rings. The van der Waals surface area contributed by atoms with Crippen molar-refractivity contribution in [2.45, 2.75) is 11.8 Å². The number of benzene rings is 2. The predicted octanol–water partition coefficient (Wildman–Crippen LogP) is 3.44. The Kier molecular flexibility index (Phi) is 4.84. The van der Waals surface area contributed by atoms with Crippen molar-refractivity contribution in [1.82, 2.24) is 9.78 Å². The highest BCUT2D eigenvalue weighted by Crippen LogP contribution is 2.25. The van der Waals surface area contributed by atoms with Gasteiger partial charge in [0.15, 0.2) is 0 Å². The molecule has 0 aliphatic rings. The van der Waals surface area contributed by atoms with Crippen LogP contribution in [0.2, 0.25) is 0 Å². The van der Waals surface area contributed by atoms with Crippen molar-refractivity contribution < 1.29 is 18.3 Å². The van der Waals surface area contributed by atoms with Gasteiger partial charge < -0.3 is 5.11 Å². The van der Waals surface area contributed by atoms with Gasteiger partial charge in [-0.2, -0.15) is 5.10 Å². The molecule has 134 valence electrons. The third-order valence-corrected chi connectivity index (χ3v) is 5.47. The predicted molar refractivity (Wildman–Crippen MR) is 100 cm³/mol. The molecule has 9 heteroatoms. The Morgan fingerprint density at radius 3 is 2.62 bits per heavy atom. The summed E-state index contributed by atoms with van der Waals surface area (Å²) < 4.78 is 30.2. The summed E-state index contributed by atoms with van der Waals surface area (Å²) in [5.41, 5.74) is 1.28. The third kappa shape index (κ3) is 3.63. The van der Waals surface area contributed by atoms with E-state index >= 15 is 0 Å². The molecule has 0 radical (unpaired) electrons. The van der Waals surface area contributed by atoms with Crippen molar-refractivity contribution in [3.8, 4) is 5.69 Å². The number of rotatable bonds is 5. The Balaban J connectivity index is 2.02. The SMILES string of the molecule is Cc1ccc(S(=O)(=O)Nc2ccccc2-n2cc(Br)cn2)cc1C(=O)O. The van der Waals surface area contributed by atoms with Crippen LogP contribution in [-0.2, 0) is 10.0 Å². The van der Waals surface area contributed by atoms with E-state index in [2.05, 4.69) is 25.8 Å². The lowest BCUT2D eigenvalue weighted by atomic mass is 10.1. The van der Waals surface area contributed by atoms with E-state index in [1.165, 1.54) is 16.8 Å². The molecule has 26 heavy (non-hydrogen) atoms. The van der Waals surface area contributed by atoms with E-state index in [0.717, 1.165) is 10.5 Å². The van der Waals surface area contributed by atoms with Gasteiger partial charge in [0, 0.05) is 6.20 Å². The van der Waals surface area contributed by atoms with Gasteiger partial charge in [-0.1, -0.05) is 18.2 Å². The largest absolute Gasteiger partial charge is 0.478 e. The highest BCUT2D eigenvalue weighted by Gasteiger charge is 2.19. The number of carboxylic acids is 1. The second-order valence-corrected chi connectivity index (χ2v) is 8.11. The third-order valence-electron chi connectivity index (χ3n) is 3.70. The highest BCUT2D eigenvalue weighted by atomic mass is 79.9. The zero-order valence-corrected chi connectivity index (χ0v) is 16.0. The first-order chi connectivity index (χ1) is 12.3. The van der Waals surface area contributed by atoms with Gasteiger partial charge in [-0.25, -0.2) is 17.9 Å². The van der Waals surface area contributed by atoms with Crippen molar-refractivity contribution in [2.75, 3.05) is 4.72 Å². The summed E-state index contributed by atoms with van der Waals surface area (Å²) in [7, 11) is -3.98. The van der Waals surface area contributed by atoms with Gasteiger partial charge in [0.1, 0.15) is 0 Å². The highest BCUT2D eigenvalue weighted by molar-refractivity contribution is 9.10.